The number of piperazine rings is 1. The second-order valence-electron chi connectivity index (χ2n) is 11.9. The van der Waals surface area contributed by atoms with Gasteiger partial charge in [-0.1, -0.05) is 18.2 Å². The summed E-state index contributed by atoms with van der Waals surface area (Å²) >= 11 is 0. The number of amides is 5. The van der Waals surface area contributed by atoms with Crippen molar-refractivity contribution in [3.05, 3.63) is 42.1 Å². The zero-order chi connectivity index (χ0) is 37.3. The van der Waals surface area contributed by atoms with E-state index in [1.54, 1.807) is 37.3 Å². The van der Waals surface area contributed by atoms with E-state index < -0.39 is 73.0 Å². The van der Waals surface area contributed by atoms with Crippen molar-refractivity contribution >= 4 is 35.7 Å². The average Bonchev–Trinajstić information content (AvgIpc) is 3.76. The molecule has 1 unspecified atom stereocenters. The number of ether oxygens (including phenoxy) is 2. The van der Waals surface area contributed by atoms with Crippen LogP contribution in [0.4, 0.5) is 18.0 Å². The van der Waals surface area contributed by atoms with Crippen molar-refractivity contribution < 1.29 is 56.5 Å². The number of carboxylic acid groups (broad SMARTS) is 1. The van der Waals surface area contributed by atoms with Crippen molar-refractivity contribution in [1.29, 1.82) is 0 Å². The maximum atomic E-state index is 13.5. The largest absolute Gasteiger partial charge is 0.481 e. The summed E-state index contributed by atoms with van der Waals surface area (Å²) in [6.45, 7) is 2.45. The molecule has 3 N–H and O–H groups in total. The number of halogens is 3. The van der Waals surface area contributed by atoms with Crippen molar-refractivity contribution in [2.45, 2.75) is 63.9 Å². The summed E-state index contributed by atoms with van der Waals surface area (Å²) in [6, 6.07) is 7.23. The average molecular weight is 724 g/mol. The molecule has 4 rings (SSSR count). The molecule has 5 amide bonds. The van der Waals surface area contributed by atoms with E-state index in [1.165, 1.54) is 27.5 Å². The van der Waals surface area contributed by atoms with E-state index in [4.69, 9.17) is 9.47 Å². The van der Waals surface area contributed by atoms with Gasteiger partial charge in [0.15, 0.2) is 11.8 Å². The number of likely N-dealkylation sites (tertiary alicyclic amines) is 1. The Morgan fingerprint density at radius 3 is 2.29 bits per heavy atom. The molecule has 0 radical (unpaired) electrons. The molecule has 2 aliphatic heterocycles. The van der Waals surface area contributed by atoms with Crippen LogP contribution in [0.1, 0.15) is 50.0 Å². The first-order chi connectivity index (χ1) is 24.2. The Labute approximate surface area is 290 Å². The normalized spacial score (nSPS) is 17.4. The van der Waals surface area contributed by atoms with E-state index in [0.717, 1.165) is 4.90 Å². The molecule has 1 aromatic carbocycles. The molecule has 2 aromatic rings. The van der Waals surface area contributed by atoms with Gasteiger partial charge in [0.25, 0.3) is 11.8 Å². The van der Waals surface area contributed by atoms with Gasteiger partial charge in [0.2, 0.25) is 17.7 Å². The van der Waals surface area contributed by atoms with E-state index in [0.29, 0.717) is 12.1 Å². The molecule has 3 atom stereocenters. The molecular weight excluding hydrogens is 683 g/mol. The first-order valence-electron chi connectivity index (χ1n) is 16.4. The van der Waals surface area contributed by atoms with E-state index in [9.17, 15) is 47.0 Å². The van der Waals surface area contributed by atoms with Crippen LogP contribution >= 0.6 is 0 Å². The second kappa shape index (κ2) is 17.0. The van der Waals surface area contributed by atoms with Crippen LogP contribution in [0.2, 0.25) is 0 Å². The van der Waals surface area contributed by atoms with Crippen molar-refractivity contribution in [2.75, 3.05) is 45.9 Å². The number of benzene rings is 1. The fraction of sp³-hybridized carbons (Fsp3) is 0.531. The van der Waals surface area contributed by atoms with Crippen LogP contribution in [0, 0.1) is 0 Å². The Kier molecular flexibility index (Phi) is 12.8. The van der Waals surface area contributed by atoms with Gasteiger partial charge in [-0.3, -0.25) is 24.0 Å². The van der Waals surface area contributed by atoms with E-state index in [1.807, 2.05) is 5.32 Å². The fourth-order valence-corrected chi connectivity index (χ4v) is 5.69. The van der Waals surface area contributed by atoms with Crippen LogP contribution in [-0.2, 0) is 23.9 Å². The quantitative estimate of drug-likeness (QED) is 0.273. The van der Waals surface area contributed by atoms with Gasteiger partial charge in [-0.2, -0.15) is 18.3 Å². The van der Waals surface area contributed by atoms with Crippen molar-refractivity contribution in [3.8, 4) is 11.6 Å². The molecule has 16 nitrogen and oxygen atoms in total. The minimum absolute atomic E-state index is 0.0760. The second-order valence-corrected chi connectivity index (χ2v) is 11.9. The number of hydrogen-bond acceptors (Lipinski definition) is 9. The van der Waals surface area contributed by atoms with Crippen LogP contribution in [0.15, 0.2) is 36.4 Å². The summed E-state index contributed by atoms with van der Waals surface area (Å²) in [5.74, 6) is -4.27. The number of alkyl halides is 3. The van der Waals surface area contributed by atoms with E-state index in [2.05, 4.69) is 10.4 Å². The number of hydrogen-bond donors (Lipinski definition) is 3. The maximum Gasteiger partial charge on any atom is 0.409 e. The molecule has 51 heavy (non-hydrogen) atoms. The molecule has 278 valence electrons. The Balaban J connectivity index is 1.51. The predicted molar refractivity (Wildman–Crippen MR) is 171 cm³/mol. The van der Waals surface area contributed by atoms with Gasteiger partial charge in [0, 0.05) is 45.2 Å². The van der Waals surface area contributed by atoms with Gasteiger partial charge in [-0.05, 0) is 45.2 Å². The number of rotatable bonds is 13. The van der Waals surface area contributed by atoms with Crippen molar-refractivity contribution in [1.82, 2.24) is 35.1 Å². The lowest BCUT2D eigenvalue weighted by atomic mass is 10.1. The molecule has 0 saturated carbocycles. The van der Waals surface area contributed by atoms with Gasteiger partial charge in [0.05, 0.1) is 12.3 Å². The topological polar surface area (TPSA) is 193 Å². The van der Waals surface area contributed by atoms with Gasteiger partial charge in [0.1, 0.15) is 18.6 Å². The first kappa shape index (κ1) is 38.4. The Morgan fingerprint density at radius 2 is 1.67 bits per heavy atom. The highest BCUT2D eigenvalue weighted by molar-refractivity contribution is 5.96. The van der Waals surface area contributed by atoms with Gasteiger partial charge in [-0.15, -0.1) is 0 Å². The lowest BCUT2D eigenvalue weighted by Gasteiger charge is -2.35. The third-order valence-electron chi connectivity index (χ3n) is 8.22. The standard InChI is InChI=1S/C32H40F3N7O9/c1-3-50-31(49)40-16-14-39(15-17-40)30(48)22(11-12-26(43)44)37-27(45)23-18-25(42(38-23)21-8-5-4-6-9-21)51-20(2)29(47)41-13-7-10-24(41)28(46)36-19-32(33,34)35/h4-6,8-9,18,20,22,24H,3,7,10-17,19H2,1-2H3,(H,36,46)(H,37,45)(H,43,44)/t20-,22?,24-/m0/s1. The highest BCUT2D eigenvalue weighted by Gasteiger charge is 2.39. The van der Waals surface area contributed by atoms with Crippen molar-refractivity contribution in [3.63, 3.8) is 0 Å². The predicted octanol–water partition coefficient (Wildman–Crippen LogP) is 1.57. The molecular formula is C32H40F3N7O9. The Morgan fingerprint density at radius 1 is 1.00 bits per heavy atom. The molecule has 2 saturated heterocycles. The smallest absolute Gasteiger partial charge is 0.409 e. The molecule has 3 heterocycles. The lowest BCUT2D eigenvalue weighted by Crippen LogP contribution is -2.56. The summed E-state index contributed by atoms with van der Waals surface area (Å²) in [5.41, 5.74) is 0.189. The summed E-state index contributed by atoms with van der Waals surface area (Å²) in [5, 5.41) is 18.0. The Bertz CT molecular complexity index is 1580. The molecule has 0 spiro atoms. The summed E-state index contributed by atoms with van der Waals surface area (Å²) < 4.78 is 50.2. The number of carbonyl (C=O) groups is 6. The molecule has 1 aromatic heterocycles. The first-order valence-corrected chi connectivity index (χ1v) is 16.4. The molecule has 2 aliphatic rings. The van der Waals surface area contributed by atoms with Crippen molar-refractivity contribution in [2.24, 2.45) is 0 Å². The summed E-state index contributed by atoms with van der Waals surface area (Å²) in [4.78, 5) is 80.4. The number of nitrogens with one attached hydrogen (secondary N) is 2. The highest BCUT2D eigenvalue weighted by Crippen LogP contribution is 2.24. The zero-order valence-corrected chi connectivity index (χ0v) is 28.1. The highest BCUT2D eigenvalue weighted by atomic mass is 19.4. The van der Waals surface area contributed by atoms with Gasteiger partial charge in [-0.25, -0.2) is 9.48 Å². The van der Waals surface area contributed by atoms with Gasteiger partial charge >= 0.3 is 18.2 Å². The third kappa shape index (κ3) is 10.3. The minimum Gasteiger partial charge on any atom is -0.481 e. The van der Waals surface area contributed by atoms with E-state index >= 15 is 0 Å². The number of aliphatic carboxylic acids is 1. The van der Waals surface area contributed by atoms with Crippen LogP contribution in [-0.4, -0.2) is 136 Å². The van der Waals surface area contributed by atoms with Crippen LogP contribution in [0.5, 0.6) is 5.88 Å². The van der Waals surface area contributed by atoms with Crippen LogP contribution < -0.4 is 15.4 Å². The number of carboxylic acids is 1. The number of aromatic nitrogens is 2. The zero-order valence-electron chi connectivity index (χ0n) is 28.1. The monoisotopic (exact) mass is 723 g/mol. The van der Waals surface area contributed by atoms with Crippen LogP contribution in [0.25, 0.3) is 5.69 Å². The maximum absolute atomic E-state index is 13.5. The number of nitrogens with zero attached hydrogens (tertiary/aromatic N) is 5. The Hall–Kier alpha value is -5.36. The molecule has 0 aliphatic carbocycles. The molecule has 2 fully saturated rings. The summed E-state index contributed by atoms with van der Waals surface area (Å²) in [7, 11) is 0. The fourth-order valence-electron chi connectivity index (χ4n) is 5.69. The lowest BCUT2D eigenvalue weighted by molar-refractivity contribution is -0.147. The van der Waals surface area contributed by atoms with Gasteiger partial charge < -0.3 is 39.9 Å². The third-order valence-corrected chi connectivity index (χ3v) is 8.22. The van der Waals surface area contributed by atoms with Crippen LogP contribution in [0.3, 0.4) is 0 Å². The molecule has 19 heteroatoms. The SMILES string of the molecule is CCOC(=O)N1CCN(C(=O)C(CCC(=O)O)NC(=O)c2cc(O[C@@H](C)C(=O)N3CCC[C@H]3C(=O)NCC(F)(F)F)n(-c3ccccc3)n2)CC1. The molecule has 0 bridgehead atoms. The van der Waals surface area contributed by atoms with E-state index in [-0.39, 0.29) is 63.7 Å². The number of para-hydroxylation sites is 1. The summed E-state index contributed by atoms with van der Waals surface area (Å²) in [6.07, 6.45) is -6.53. The minimum atomic E-state index is -4.62. The number of carbonyl (C=O) groups excluding carboxylic acids is 5.